The Bertz CT molecular complexity index is 1130. The summed E-state index contributed by atoms with van der Waals surface area (Å²) >= 11 is 0. The summed E-state index contributed by atoms with van der Waals surface area (Å²) in [5.41, 5.74) is 0.807. The molecular weight excluding hydrogens is 434 g/mol. The van der Waals surface area contributed by atoms with Gasteiger partial charge in [0.1, 0.15) is 16.4 Å². The lowest BCUT2D eigenvalue weighted by Gasteiger charge is -2.24. The Morgan fingerprint density at radius 2 is 1.69 bits per heavy atom. The van der Waals surface area contributed by atoms with Crippen LogP contribution in [0.1, 0.15) is 27.1 Å². The lowest BCUT2D eigenvalue weighted by atomic mass is 10.1. The van der Waals surface area contributed by atoms with E-state index in [1.165, 1.54) is 25.2 Å². The zero-order valence-corrected chi connectivity index (χ0v) is 18.9. The van der Waals surface area contributed by atoms with Crippen molar-refractivity contribution in [2.45, 2.75) is 23.4 Å². The summed E-state index contributed by atoms with van der Waals surface area (Å²) in [4.78, 5) is 28.5. The Hall–Kier alpha value is -2.95. The molecule has 1 saturated heterocycles. The second-order valence-electron chi connectivity index (χ2n) is 7.93. The standard InChI is InChI=1S/C22H25N3O6S/c1-24-12-14(23-32(28,29)20-11-16(30-2)8-9-19(20)31-3)10-15(24)13-25-21(26)17-6-4-5-7-18(17)22(25)27/h4-9,11,14-15,23H,10,12-13H2,1-3H3/t14-,15-/m1/s1. The normalized spacial score (nSPS) is 21.2. The molecule has 10 heteroatoms. The van der Waals surface area contributed by atoms with E-state index in [2.05, 4.69) is 4.72 Å². The minimum absolute atomic E-state index is 0.00852. The molecule has 1 fully saturated rings. The number of nitrogens with one attached hydrogen (secondary N) is 1. The summed E-state index contributed by atoms with van der Waals surface area (Å²) in [6.45, 7) is 0.642. The molecular formula is C22H25N3O6S. The third-order valence-electron chi connectivity index (χ3n) is 5.94. The number of rotatable bonds is 7. The second kappa shape index (κ2) is 8.53. The van der Waals surface area contributed by atoms with Crippen molar-refractivity contribution >= 4 is 21.8 Å². The van der Waals surface area contributed by atoms with Crippen LogP contribution in [0.5, 0.6) is 11.5 Å². The number of sulfonamides is 1. The quantitative estimate of drug-likeness (QED) is 0.623. The van der Waals surface area contributed by atoms with Gasteiger partial charge in [0.2, 0.25) is 10.0 Å². The van der Waals surface area contributed by atoms with Crippen LogP contribution in [0.4, 0.5) is 0 Å². The van der Waals surface area contributed by atoms with Crippen LogP contribution in [-0.4, -0.2) is 76.5 Å². The molecule has 2 atom stereocenters. The summed E-state index contributed by atoms with van der Waals surface area (Å²) in [6, 6.07) is 10.8. The van der Waals surface area contributed by atoms with Crippen molar-refractivity contribution in [3.63, 3.8) is 0 Å². The number of benzene rings is 2. The molecule has 1 N–H and O–H groups in total. The first-order valence-corrected chi connectivity index (χ1v) is 11.6. The van der Waals surface area contributed by atoms with E-state index >= 15 is 0 Å². The molecule has 170 valence electrons. The number of likely N-dealkylation sites (tertiary alicyclic amines) is 1. The van der Waals surface area contributed by atoms with Crippen molar-refractivity contribution in [1.82, 2.24) is 14.5 Å². The van der Waals surface area contributed by atoms with Crippen LogP contribution < -0.4 is 14.2 Å². The number of likely N-dealkylation sites (N-methyl/N-ethyl adjacent to an activating group) is 1. The van der Waals surface area contributed by atoms with Gasteiger partial charge in [-0.25, -0.2) is 13.1 Å². The van der Waals surface area contributed by atoms with Gasteiger partial charge in [0.05, 0.1) is 25.3 Å². The third kappa shape index (κ3) is 3.96. The van der Waals surface area contributed by atoms with E-state index < -0.39 is 10.0 Å². The first-order valence-electron chi connectivity index (χ1n) is 10.1. The molecule has 2 aliphatic rings. The fraction of sp³-hybridized carbons (Fsp3) is 0.364. The van der Waals surface area contributed by atoms with E-state index in [1.807, 2.05) is 11.9 Å². The Morgan fingerprint density at radius 3 is 2.28 bits per heavy atom. The summed E-state index contributed by atoms with van der Waals surface area (Å²) < 4.78 is 39.2. The molecule has 2 aromatic carbocycles. The van der Waals surface area contributed by atoms with Crippen LogP contribution in [0.3, 0.4) is 0 Å². The maximum absolute atomic E-state index is 13.1. The molecule has 9 nitrogen and oxygen atoms in total. The topological polar surface area (TPSA) is 105 Å². The Kier molecular flexibility index (Phi) is 5.93. The minimum atomic E-state index is -3.89. The minimum Gasteiger partial charge on any atom is -0.497 e. The van der Waals surface area contributed by atoms with Crippen molar-refractivity contribution in [2.75, 3.05) is 34.4 Å². The molecule has 0 radical (unpaired) electrons. The zero-order chi connectivity index (χ0) is 23.0. The lowest BCUT2D eigenvalue weighted by molar-refractivity contribution is 0.0618. The third-order valence-corrected chi connectivity index (χ3v) is 7.48. The van der Waals surface area contributed by atoms with E-state index in [0.29, 0.717) is 29.8 Å². The largest absolute Gasteiger partial charge is 0.497 e. The molecule has 0 saturated carbocycles. The number of amides is 2. The van der Waals surface area contributed by atoms with E-state index in [4.69, 9.17) is 9.47 Å². The van der Waals surface area contributed by atoms with Gasteiger partial charge in [-0.3, -0.25) is 19.4 Å². The van der Waals surface area contributed by atoms with Gasteiger partial charge in [-0.05, 0) is 37.7 Å². The van der Waals surface area contributed by atoms with Crippen molar-refractivity contribution in [3.05, 3.63) is 53.6 Å². The number of nitrogens with zero attached hydrogens (tertiary/aromatic N) is 2. The van der Waals surface area contributed by atoms with Crippen LogP contribution in [0, 0.1) is 0 Å². The van der Waals surface area contributed by atoms with E-state index in [1.54, 1.807) is 36.4 Å². The molecule has 4 rings (SSSR count). The van der Waals surface area contributed by atoms with Gasteiger partial charge in [0.15, 0.2) is 0 Å². The Balaban J connectivity index is 1.47. The number of hydrogen-bond acceptors (Lipinski definition) is 7. The lowest BCUT2D eigenvalue weighted by Crippen LogP contribution is -2.41. The smallest absolute Gasteiger partial charge is 0.261 e. The number of methoxy groups -OCH3 is 2. The summed E-state index contributed by atoms with van der Waals surface area (Å²) in [5, 5.41) is 0. The first-order chi connectivity index (χ1) is 15.2. The summed E-state index contributed by atoms with van der Waals surface area (Å²) in [5.74, 6) is -0.0151. The highest BCUT2D eigenvalue weighted by Crippen LogP contribution is 2.30. The predicted molar refractivity (Wildman–Crippen MR) is 116 cm³/mol. The number of carbonyl (C=O) groups is 2. The number of fused-ring (bicyclic) bond motifs is 1. The second-order valence-corrected chi connectivity index (χ2v) is 9.61. The van der Waals surface area contributed by atoms with Crippen molar-refractivity contribution < 1.29 is 27.5 Å². The molecule has 2 amide bonds. The monoisotopic (exact) mass is 459 g/mol. The molecule has 2 aliphatic heterocycles. The fourth-order valence-electron chi connectivity index (χ4n) is 4.27. The van der Waals surface area contributed by atoms with E-state index in [-0.39, 0.29) is 41.1 Å². The van der Waals surface area contributed by atoms with Gasteiger partial charge in [-0.15, -0.1) is 0 Å². The van der Waals surface area contributed by atoms with E-state index in [9.17, 15) is 18.0 Å². The first kappa shape index (κ1) is 22.3. The van der Waals surface area contributed by atoms with Gasteiger partial charge in [0, 0.05) is 31.2 Å². The zero-order valence-electron chi connectivity index (χ0n) is 18.1. The SMILES string of the molecule is COc1ccc(OC)c(S(=O)(=O)N[C@@H]2C[C@H](CN3C(=O)c4ccccc4C3=O)N(C)C2)c1. The summed E-state index contributed by atoms with van der Waals surface area (Å²) in [6.07, 6.45) is 0.454. The molecule has 2 heterocycles. The van der Waals surface area contributed by atoms with Gasteiger partial charge >= 0.3 is 0 Å². The van der Waals surface area contributed by atoms with Crippen molar-refractivity contribution in [3.8, 4) is 11.5 Å². The number of imide groups is 1. The molecule has 2 aromatic rings. The highest BCUT2D eigenvalue weighted by atomic mass is 32.2. The van der Waals surface area contributed by atoms with Crippen LogP contribution in [0.25, 0.3) is 0 Å². The van der Waals surface area contributed by atoms with Gasteiger partial charge in [-0.2, -0.15) is 0 Å². The van der Waals surface area contributed by atoms with Crippen LogP contribution >= 0.6 is 0 Å². The van der Waals surface area contributed by atoms with Gasteiger partial charge < -0.3 is 9.47 Å². The highest BCUT2D eigenvalue weighted by molar-refractivity contribution is 7.89. The molecule has 0 aromatic heterocycles. The van der Waals surface area contributed by atoms with Crippen molar-refractivity contribution in [2.24, 2.45) is 0 Å². The van der Waals surface area contributed by atoms with Crippen LogP contribution in [-0.2, 0) is 10.0 Å². The average molecular weight is 460 g/mol. The molecule has 0 unspecified atom stereocenters. The Morgan fingerprint density at radius 1 is 1.03 bits per heavy atom. The maximum Gasteiger partial charge on any atom is 0.261 e. The Labute approximate surface area is 187 Å². The highest BCUT2D eigenvalue weighted by Gasteiger charge is 2.40. The van der Waals surface area contributed by atoms with Gasteiger partial charge in [-0.1, -0.05) is 12.1 Å². The summed E-state index contributed by atoms with van der Waals surface area (Å²) in [7, 11) is 0.828. The number of hydrogen-bond donors (Lipinski definition) is 1. The average Bonchev–Trinajstić information content (AvgIpc) is 3.24. The maximum atomic E-state index is 13.1. The van der Waals surface area contributed by atoms with E-state index in [0.717, 1.165) is 0 Å². The van der Waals surface area contributed by atoms with Crippen LogP contribution in [0.15, 0.2) is 47.4 Å². The molecule has 32 heavy (non-hydrogen) atoms. The molecule has 0 bridgehead atoms. The molecule has 0 spiro atoms. The van der Waals surface area contributed by atoms with Crippen molar-refractivity contribution in [1.29, 1.82) is 0 Å². The van der Waals surface area contributed by atoms with Crippen LogP contribution in [0.2, 0.25) is 0 Å². The number of ether oxygens (including phenoxy) is 2. The van der Waals surface area contributed by atoms with Gasteiger partial charge in [0.25, 0.3) is 11.8 Å². The molecule has 0 aliphatic carbocycles. The number of carbonyl (C=O) groups excluding carboxylic acids is 2. The fourth-order valence-corrected chi connectivity index (χ4v) is 5.70. The predicted octanol–water partition coefficient (Wildman–Crippen LogP) is 1.35.